The van der Waals surface area contributed by atoms with Crippen LogP contribution in [-0.2, 0) is 0 Å². The molecule has 0 aromatic heterocycles. The van der Waals surface area contributed by atoms with Crippen LogP contribution < -0.4 is 5.32 Å². The number of halogens is 2. The van der Waals surface area contributed by atoms with E-state index in [1.807, 2.05) is 0 Å². The number of anilines is 1. The summed E-state index contributed by atoms with van der Waals surface area (Å²) in [6.45, 7) is 0.966. The maximum Gasteiger partial charge on any atom is 0.124 e. The van der Waals surface area contributed by atoms with Crippen molar-refractivity contribution in [2.75, 3.05) is 11.9 Å². The van der Waals surface area contributed by atoms with Crippen molar-refractivity contribution in [2.45, 2.75) is 31.6 Å². The molecule has 86 valence electrons. The number of rotatable bonds is 2. The Morgan fingerprint density at radius 2 is 2.19 bits per heavy atom. The van der Waals surface area contributed by atoms with Crippen LogP contribution in [-0.4, -0.2) is 6.54 Å². The fraction of sp³-hybridized carbons (Fsp3) is 0.538. The highest BCUT2D eigenvalue weighted by atomic mass is 79.9. The van der Waals surface area contributed by atoms with Gasteiger partial charge >= 0.3 is 0 Å². The van der Waals surface area contributed by atoms with Crippen molar-refractivity contribution in [1.29, 1.82) is 0 Å². The van der Waals surface area contributed by atoms with E-state index in [4.69, 9.17) is 0 Å². The molecule has 0 saturated heterocycles. The third-order valence-corrected chi connectivity index (χ3v) is 4.52. The molecule has 1 aliphatic carbocycles. The van der Waals surface area contributed by atoms with Gasteiger partial charge in [-0.25, -0.2) is 4.39 Å². The molecule has 1 atom stereocenters. The lowest BCUT2D eigenvalue weighted by Crippen LogP contribution is -2.16. The van der Waals surface area contributed by atoms with Gasteiger partial charge in [0.25, 0.3) is 0 Å². The van der Waals surface area contributed by atoms with Crippen LogP contribution >= 0.6 is 15.9 Å². The van der Waals surface area contributed by atoms with Gasteiger partial charge in [-0.1, -0.05) is 19.3 Å². The standard InChI is InChI=1S/C13H15BrFN/c14-12-6-10(15)5-11-9(7-16-13(11)12)4-8-2-1-3-8/h5-6,8-9,16H,1-4,7H2. The Hall–Kier alpha value is -0.570. The summed E-state index contributed by atoms with van der Waals surface area (Å²) in [6.07, 6.45) is 5.32. The van der Waals surface area contributed by atoms with Gasteiger partial charge in [-0.15, -0.1) is 0 Å². The lowest BCUT2D eigenvalue weighted by Gasteiger charge is -2.28. The Labute approximate surface area is 104 Å². The molecule has 0 bridgehead atoms. The number of nitrogens with one attached hydrogen (secondary N) is 1. The van der Waals surface area contributed by atoms with E-state index >= 15 is 0 Å². The summed E-state index contributed by atoms with van der Waals surface area (Å²) in [6, 6.07) is 3.24. The van der Waals surface area contributed by atoms with E-state index < -0.39 is 0 Å². The topological polar surface area (TPSA) is 12.0 Å². The minimum atomic E-state index is -0.132. The number of hydrogen-bond acceptors (Lipinski definition) is 1. The van der Waals surface area contributed by atoms with Crippen LogP contribution in [0.15, 0.2) is 16.6 Å². The zero-order chi connectivity index (χ0) is 11.1. The zero-order valence-electron chi connectivity index (χ0n) is 9.10. The molecular weight excluding hydrogens is 269 g/mol. The van der Waals surface area contributed by atoms with E-state index in [0.717, 1.165) is 22.6 Å². The first kappa shape index (κ1) is 10.6. The van der Waals surface area contributed by atoms with Crippen LogP contribution in [0.4, 0.5) is 10.1 Å². The molecule has 1 heterocycles. The lowest BCUT2D eigenvalue weighted by molar-refractivity contribution is 0.280. The summed E-state index contributed by atoms with van der Waals surface area (Å²) in [5, 5.41) is 3.39. The minimum Gasteiger partial charge on any atom is -0.383 e. The first-order chi connectivity index (χ1) is 7.74. The smallest absolute Gasteiger partial charge is 0.124 e. The zero-order valence-corrected chi connectivity index (χ0v) is 10.7. The van der Waals surface area contributed by atoms with Crippen molar-refractivity contribution in [2.24, 2.45) is 5.92 Å². The number of hydrogen-bond donors (Lipinski definition) is 1. The second-order valence-electron chi connectivity index (χ2n) is 4.96. The SMILES string of the molecule is Fc1cc(Br)c2c(c1)C(CC1CCC1)CN2. The normalized spacial score (nSPS) is 23.8. The van der Waals surface area contributed by atoms with E-state index in [1.54, 1.807) is 6.07 Å². The number of fused-ring (bicyclic) bond motifs is 1. The lowest BCUT2D eigenvalue weighted by atomic mass is 9.78. The minimum absolute atomic E-state index is 0.132. The summed E-state index contributed by atoms with van der Waals surface area (Å²) in [4.78, 5) is 0. The quantitative estimate of drug-likeness (QED) is 0.854. The van der Waals surface area contributed by atoms with Gasteiger partial charge in [0.05, 0.1) is 5.69 Å². The third-order valence-electron chi connectivity index (χ3n) is 3.89. The van der Waals surface area contributed by atoms with Gasteiger partial charge in [0.15, 0.2) is 0 Å². The predicted octanol–water partition coefficient (Wildman–Crippen LogP) is 4.29. The van der Waals surface area contributed by atoms with E-state index in [1.165, 1.54) is 37.3 Å². The first-order valence-corrected chi connectivity index (χ1v) is 6.76. The second kappa shape index (κ2) is 4.02. The summed E-state index contributed by atoms with van der Waals surface area (Å²) in [7, 11) is 0. The van der Waals surface area contributed by atoms with E-state index in [0.29, 0.717) is 5.92 Å². The molecule has 1 N–H and O–H groups in total. The number of benzene rings is 1. The molecule has 1 aromatic carbocycles. The summed E-state index contributed by atoms with van der Waals surface area (Å²) < 4.78 is 14.2. The maximum absolute atomic E-state index is 13.4. The average Bonchev–Trinajstić information content (AvgIpc) is 2.55. The Balaban J connectivity index is 1.86. The largest absolute Gasteiger partial charge is 0.383 e. The van der Waals surface area contributed by atoms with Gasteiger partial charge in [0, 0.05) is 16.9 Å². The molecule has 3 rings (SSSR count). The van der Waals surface area contributed by atoms with Gasteiger partial charge in [0.2, 0.25) is 0 Å². The molecule has 1 aliphatic heterocycles. The highest BCUT2D eigenvalue weighted by Crippen LogP contribution is 2.43. The van der Waals surface area contributed by atoms with Crippen LogP contribution in [0.1, 0.15) is 37.2 Å². The van der Waals surface area contributed by atoms with Crippen molar-refractivity contribution in [3.05, 3.63) is 28.0 Å². The van der Waals surface area contributed by atoms with Gasteiger partial charge in [-0.05, 0) is 46.0 Å². The molecule has 1 fully saturated rings. The molecule has 1 aromatic rings. The van der Waals surface area contributed by atoms with Crippen molar-refractivity contribution >= 4 is 21.6 Å². The fourth-order valence-corrected chi connectivity index (χ4v) is 3.37. The van der Waals surface area contributed by atoms with E-state index in [2.05, 4.69) is 21.2 Å². The summed E-state index contributed by atoms with van der Waals surface area (Å²) in [5.74, 6) is 1.25. The average molecular weight is 284 g/mol. The Morgan fingerprint density at radius 3 is 2.88 bits per heavy atom. The van der Waals surface area contributed by atoms with Crippen molar-refractivity contribution in [1.82, 2.24) is 0 Å². The monoisotopic (exact) mass is 283 g/mol. The Bertz CT molecular complexity index is 415. The predicted molar refractivity (Wildman–Crippen MR) is 67.3 cm³/mol. The molecule has 1 nitrogen and oxygen atoms in total. The van der Waals surface area contributed by atoms with Crippen molar-refractivity contribution in [3.8, 4) is 0 Å². The molecule has 2 aliphatic rings. The van der Waals surface area contributed by atoms with Crippen molar-refractivity contribution < 1.29 is 4.39 Å². The second-order valence-corrected chi connectivity index (χ2v) is 5.82. The highest BCUT2D eigenvalue weighted by molar-refractivity contribution is 9.10. The van der Waals surface area contributed by atoms with Gasteiger partial charge in [-0.3, -0.25) is 0 Å². The van der Waals surface area contributed by atoms with E-state index in [9.17, 15) is 4.39 Å². The fourth-order valence-electron chi connectivity index (χ4n) is 2.78. The van der Waals surface area contributed by atoms with Crippen LogP contribution in [0.5, 0.6) is 0 Å². The summed E-state index contributed by atoms with van der Waals surface area (Å²) >= 11 is 3.42. The van der Waals surface area contributed by atoms with E-state index in [-0.39, 0.29) is 5.82 Å². The van der Waals surface area contributed by atoms with Crippen molar-refractivity contribution in [3.63, 3.8) is 0 Å². The molecular formula is C13H15BrFN. The van der Waals surface area contributed by atoms with Gasteiger partial charge in [0.1, 0.15) is 5.82 Å². The van der Waals surface area contributed by atoms with Crippen LogP contribution in [0.25, 0.3) is 0 Å². The Morgan fingerprint density at radius 1 is 1.38 bits per heavy atom. The first-order valence-electron chi connectivity index (χ1n) is 5.97. The molecule has 0 radical (unpaired) electrons. The van der Waals surface area contributed by atoms with Crippen LogP contribution in [0, 0.1) is 11.7 Å². The van der Waals surface area contributed by atoms with Crippen LogP contribution in [0.2, 0.25) is 0 Å². The molecule has 1 saturated carbocycles. The maximum atomic E-state index is 13.4. The van der Waals surface area contributed by atoms with Gasteiger partial charge in [-0.2, -0.15) is 0 Å². The molecule has 3 heteroatoms. The third kappa shape index (κ3) is 1.75. The molecule has 16 heavy (non-hydrogen) atoms. The van der Waals surface area contributed by atoms with Gasteiger partial charge < -0.3 is 5.32 Å². The summed E-state index contributed by atoms with van der Waals surface area (Å²) in [5.41, 5.74) is 2.27. The molecule has 0 spiro atoms. The molecule has 0 amide bonds. The molecule has 1 unspecified atom stereocenters. The van der Waals surface area contributed by atoms with Crippen LogP contribution in [0.3, 0.4) is 0 Å². The highest BCUT2D eigenvalue weighted by Gasteiger charge is 2.29. The Kier molecular flexibility index (Phi) is 2.66.